The third-order valence-electron chi connectivity index (χ3n) is 2.71. The van der Waals surface area contributed by atoms with E-state index in [1.54, 1.807) is 0 Å². The number of hydrogen-bond donors (Lipinski definition) is 1. The number of nitroso groups, excluding NO2 is 1. The Balaban J connectivity index is 2.76. The zero-order valence-electron chi connectivity index (χ0n) is 10.9. The summed E-state index contributed by atoms with van der Waals surface area (Å²) in [7, 11) is 0. The van der Waals surface area contributed by atoms with Crippen molar-refractivity contribution in [2.45, 2.75) is 26.3 Å². The lowest BCUT2D eigenvalue weighted by molar-refractivity contribution is 0.291. The van der Waals surface area contributed by atoms with Crippen LogP contribution in [0.2, 0.25) is 0 Å². The molecule has 0 heterocycles. The average Bonchev–Trinajstić information content (AvgIpc) is 2.41. The topological polar surface area (TPSA) is 64.7 Å². The zero-order valence-corrected chi connectivity index (χ0v) is 10.9. The second-order valence-electron chi connectivity index (χ2n) is 4.02. The fourth-order valence-corrected chi connectivity index (χ4v) is 1.65. The Bertz CT molecular complexity index is 416. The van der Waals surface area contributed by atoms with Crippen molar-refractivity contribution in [3.8, 4) is 5.75 Å². The van der Waals surface area contributed by atoms with Crippen LogP contribution < -0.4 is 10.5 Å². The highest BCUT2D eigenvalue weighted by atomic mass is 16.5. The Labute approximate surface area is 108 Å². The Morgan fingerprint density at radius 3 is 2.83 bits per heavy atom. The van der Waals surface area contributed by atoms with Crippen LogP contribution >= 0.6 is 0 Å². The molecule has 0 aliphatic rings. The molecule has 1 unspecified atom stereocenters. The van der Waals surface area contributed by atoms with Gasteiger partial charge < -0.3 is 10.5 Å². The van der Waals surface area contributed by atoms with Crippen LogP contribution in [0.3, 0.4) is 0 Å². The highest BCUT2D eigenvalue weighted by Crippen LogP contribution is 2.20. The first kappa shape index (κ1) is 14.4. The lowest BCUT2D eigenvalue weighted by Gasteiger charge is -2.11. The minimum atomic E-state index is -0.481. The van der Waals surface area contributed by atoms with Crippen LogP contribution in [0.1, 0.15) is 25.0 Å². The quantitative estimate of drug-likeness (QED) is 0.754. The maximum atomic E-state index is 10.4. The fourth-order valence-electron chi connectivity index (χ4n) is 1.65. The van der Waals surface area contributed by atoms with Gasteiger partial charge in [-0.25, -0.2) is 0 Å². The number of hydrogen-bond acceptors (Lipinski definition) is 4. The molecule has 1 aromatic rings. The summed E-state index contributed by atoms with van der Waals surface area (Å²) in [4.78, 5) is 10.4. The van der Waals surface area contributed by atoms with Crippen molar-refractivity contribution in [3.63, 3.8) is 0 Å². The second kappa shape index (κ2) is 7.61. The predicted molar refractivity (Wildman–Crippen MR) is 74.7 cm³/mol. The largest absolute Gasteiger partial charge is 0.491 e. The van der Waals surface area contributed by atoms with Gasteiger partial charge in [0.1, 0.15) is 18.4 Å². The first-order valence-electron chi connectivity index (χ1n) is 6.16. The highest BCUT2D eigenvalue weighted by molar-refractivity contribution is 5.55. The van der Waals surface area contributed by atoms with Crippen LogP contribution in [0.15, 0.2) is 29.5 Å². The van der Waals surface area contributed by atoms with E-state index in [9.17, 15) is 4.91 Å². The van der Waals surface area contributed by atoms with Crippen molar-refractivity contribution in [2.75, 3.05) is 13.2 Å². The zero-order chi connectivity index (χ0) is 13.4. The van der Waals surface area contributed by atoms with Gasteiger partial charge in [0.05, 0.1) is 0 Å². The monoisotopic (exact) mass is 248 g/mol. The molecular formula is C14H20N2O2. The molecule has 0 saturated carbocycles. The molecule has 1 aromatic carbocycles. The van der Waals surface area contributed by atoms with E-state index in [-0.39, 0.29) is 13.2 Å². The lowest BCUT2D eigenvalue weighted by atomic mass is 10.0. The molecule has 0 bridgehead atoms. The standard InChI is InChI=1S/C14H20N2O2/c1-3-5-12-6-7-14(8-11(12)4-2)18-10-13(9-15)16-17/h3,5-8,13H,4,9-10,15H2,1-2H3/b5-3-. The molecule has 0 fully saturated rings. The molecule has 0 amide bonds. The van der Waals surface area contributed by atoms with Crippen molar-refractivity contribution < 1.29 is 4.74 Å². The van der Waals surface area contributed by atoms with Crippen molar-refractivity contribution in [1.82, 2.24) is 0 Å². The third-order valence-corrected chi connectivity index (χ3v) is 2.71. The smallest absolute Gasteiger partial charge is 0.138 e. The maximum Gasteiger partial charge on any atom is 0.138 e. The van der Waals surface area contributed by atoms with Gasteiger partial charge in [-0.2, -0.15) is 4.91 Å². The van der Waals surface area contributed by atoms with Crippen LogP contribution in [0.4, 0.5) is 0 Å². The molecule has 4 nitrogen and oxygen atoms in total. The Kier molecular flexibility index (Phi) is 6.08. The number of nitrogens with zero attached hydrogens (tertiary/aromatic N) is 1. The molecule has 18 heavy (non-hydrogen) atoms. The minimum Gasteiger partial charge on any atom is -0.491 e. The molecule has 4 heteroatoms. The Hall–Kier alpha value is -1.68. The van der Waals surface area contributed by atoms with Crippen molar-refractivity contribution in [2.24, 2.45) is 10.9 Å². The van der Waals surface area contributed by atoms with E-state index in [1.165, 1.54) is 11.1 Å². The molecule has 0 aromatic heterocycles. The van der Waals surface area contributed by atoms with Crippen LogP contribution in [-0.2, 0) is 6.42 Å². The van der Waals surface area contributed by atoms with E-state index >= 15 is 0 Å². The summed E-state index contributed by atoms with van der Waals surface area (Å²) in [6.45, 7) is 4.53. The molecule has 0 aliphatic carbocycles. The molecule has 1 rings (SSSR count). The van der Waals surface area contributed by atoms with Crippen LogP contribution in [-0.4, -0.2) is 19.2 Å². The number of rotatable bonds is 7. The molecule has 0 saturated heterocycles. The van der Waals surface area contributed by atoms with Gasteiger partial charge in [0, 0.05) is 6.54 Å². The van der Waals surface area contributed by atoms with Crippen LogP contribution in [0.5, 0.6) is 5.75 Å². The number of nitrogens with two attached hydrogens (primary N) is 1. The first-order valence-corrected chi connectivity index (χ1v) is 6.16. The summed E-state index contributed by atoms with van der Waals surface area (Å²) in [5.74, 6) is 0.752. The average molecular weight is 248 g/mol. The third kappa shape index (κ3) is 3.96. The van der Waals surface area contributed by atoms with Gasteiger partial charge in [-0.15, -0.1) is 0 Å². The number of ether oxygens (including phenoxy) is 1. The number of benzene rings is 1. The normalized spacial score (nSPS) is 12.6. The lowest BCUT2D eigenvalue weighted by Crippen LogP contribution is -2.24. The summed E-state index contributed by atoms with van der Waals surface area (Å²) < 4.78 is 5.53. The number of allylic oxidation sites excluding steroid dienone is 1. The Morgan fingerprint density at radius 2 is 2.28 bits per heavy atom. The molecule has 0 spiro atoms. The molecule has 0 radical (unpaired) electrons. The molecule has 98 valence electrons. The van der Waals surface area contributed by atoms with Crippen LogP contribution in [0.25, 0.3) is 6.08 Å². The predicted octanol–water partition coefficient (Wildman–Crippen LogP) is 2.75. The van der Waals surface area contributed by atoms with E-state index < -0.39 is 6.04 Å². The minimum absolute atomic E-state index is 0.209. The Morgan fingerprint density at radius 1 is 1.50 bits per heavy atom. The van der Waals surface area contributed by atoms with Gasteiger partial charge in [0.15, 0.2) is 0 Å². The van der Waals surface area contributed by atoms with Gasteiger partial charge >= 0.3 is 0 Å². The second-order valence-corrected chi connectivity index (χ2v) is 4.02. The van der Waals surface area contributed by atoms with Gasteiger partial charge in [0.25, 0.3) is 0 Å². The summed E-state index contributed by atoms with van der Waals surface area (Å²) in [5.41, 5.74) is 7.79. The molecule has 2 N–H and O–H groups in total. The number of aryl methyl sites for hydroxylation is 1. The first-order chi connectivity index (χ1) is 8.74. The van der Waals surface area contributed by atoms with E-state index in [1.807, 2.05) is 31.2 Å². The fraction of sp³-hybridized carbons (Fsp3) is 0.429. The van der Waals surface area contributed by atoms with Gasteiger partial charge in [-0.05, 0) is 36.6 Å². The van der Waals surface area contributed by atoms with Gasteiger partial charge in [-0.3, -0.25) is 0 Å². The summed E-state index contributed by atoms with van der Waals surface area (Å²) in [6.07, 6.45) is 5.01. The summed E-state index contributed by atoms with van der Waals surface area (Å²) in [6, 6.07) is 5.42. The van der Waals surface area contributed by atoms with E-state index in [4.69, 9.17) is 10.5 Å². The van der Waals surface area contributed by atoms with Crippen molar-refractivity contribution in [1.29, 1.82) is 0 Å². The maximum absolute atomic E-state index is 10.4. The van der Waals surface area contributed by atoms with Gasteiger partial charge in [0.2, 0.25) is 0 Å². The van der Waals surface area contributed by atoms with Crippen molar-refractivity contribution >= 4 is 6.08 Å². The van der Waals surface area contributed by atoms with E-state index in [2.05, 4.69) is 18.2 Å². The van der Waals surface area contributed by atoms with Crippen molar-refractivity contribution in [3.05, 3.63) is 40.3 Å². The van der Waals surface area contributed by atoms with E-state index in [0.717, 1.165) is 12.2 Å². The van der Waals surface area contributed by atoms with Crippen LogP contribution in [0, 0.1) is 4.91 Å². The molecule has 1 atom stereocenters. The summed E-state index contributed by atoms with van der Waals surface area (Å²) >= 11 is 0. The summed E-state index contributed by atoms with van der Waals surface area (Å²) in [5, 5.41) is 2.90. The molecule has 0 aliphatic heterocycles. The molecular weight excluding hydrogens is 228 g/mol. The van der Waals surface area contributed by atoms with E-state index in [0.29, 0.717) is 0 Å². The highest BCUT2D eigenvalue weighted by Gasteiger charge is 2.07. The van der Waals surface area contributed by atoms with Gasteiger partial charge in [-0.1, -0.05) is 30.3 Å². The SMILES string of the molecule is C/C=C\c1ccc(OCC(CN)N=O)cc1CC.